The maximum Gasteiger partial charge on any atom is 0.257 e. The molecule has 0 saturated carbocycles. The summed E-state index contributed by atoms with van der Waals surface area (Å²) in [5.41, 5.74) is 1.39. The second-order valence-corrected chi connectivity index (χ2v) is 5.95. The van der Waals surface area contributed by atoms with Crippen LogP contribution in [0.5, 0.6) is 0 Å². The number of halogens is 1. The zero-order chi connectivity index (χ0) is 17.3. The molecule has 0 unspecified atom stereocenters. The number of nitrogens with zero attached hydrogens (tertiary/aromatic N) is 4. The van der Waals surface area contributed by atoms with E-state index in [1.54, 1.807) is 46.8 Å². The van der Waals surface area contributed by atoms with E-state index >= 15 is 0 Å². The first-order valence-electron chi connectivity index (χ1n) is 7.79. The first kappa shape index (κ1) is 16.2. The summed E-state index contributed by atoms with van der Waals surface area (Å²) in [5, 5.41) is 4.00. The van der Waals surface area contributed by atoms with Crippen LogP contribution >= 0.6 is 0 Å². The molecule has 7 heteroatoms. The van der Waals surface area contributed by atoms with Crippen molar-refractivity contribution in [3.05, 3.63) is 53.1 Å². The molecule has 2 amide bonds. The highest BCUT2D eigenvalue weighted by Gasteiger charge is 2.26. The zero-order valence-corrected chi connectivity index (χ0v) is 13.7. The number of hydrogen-bond acceptors (Lipinski definition) is 3. The lowest BCUT2D eigenvalue weighted by Gasteiger charge is -2.34. The Kier molecular flexibility index (Phi) is 4.33. The molecule has 24 heavy (non-hydrogen) atoms. The summed E-state index contributed by atoms with van der Waals surface area (Å²) in [6.07, 6.45) is 3.21. The molecule has 0 atom stereocenters. The molecule has 1 saturated heterocycles. The summed E-state index contributed by atoms with van der Waals surface area (Å²) in [4.78, 5) is 28.2. The average molecular weight is 330 g/mol. The Morgan fingerprint density at radius 3 is 2.12 bits per heavy atom. The smallest absolute Gasteiger partial charge is 0.257 e. The fraction of sp³-hybridized carbons (Fsp3) is 0.353. The van der Waals surface area contributed by atoms with Crippen LogP contribution < -0.4 is 0 Å². The van der Waals surface area contributed by atoms with Crippen molar-refractivity contribution >= 4 is 11.8 Å². The number of benzene rings is 1. The molecule has 2 aromatic rings. The van der Waals surface area contributed by atoms with E-state index in [2.05, 4.69) is 5.10 Å². The van der Waals surface area contributed by atoms with Crippen molar-refractivity contribution in [2.75, 3.05) is 26.2 Å². The minimum absolute atomic E-state index is 0.0865. The molecule has 0 radical (unpaired) electrons. The van der Waals surface area contributed by atoms with Crippen LogP contribution in [0.4, 0.5) is 4.39 Å². The van der Waals surface area contributed by atoms with Crippen molar-refractivity contribution in [2.24, 2.45) is 7.05 Å². The molecule has 1 aliphatic heterocycles. The Morgan fingerprint density at radius 2 is 1.62 bits per heavy atom. The van der Waals surface area contributed by atoms with Gasteiger partial charge in [0.25, 0.3) is 11.8 Å². The van der Waals surface area contributed by atoms with Crippen molar-refractivity contribution in [3.8, 4) is 0 Å². The first-order valence-corrected chi connectivity index (χ1v) is 7.79. The predicted molar refractivity (Wildman–Crippen MR) is 86.2 cm³/mol. The molecule has 0 spiro atoms. The van der Waals surface area contributed by atoms with Gasteiger partial charge in [0.2, 0.25) is 0 Å². The topological polar surface area (TPSA) is 58.4 Å². The van der Waals surface area contributed by atoms with Gasteiger partial charge in [-0.25, -0.2) is 4.39 Å². The molecule has 1 aliphatic rings. The normalized spacial score (nSPS) is 14.8. The van der Waals surface area contributed by atoms with Gasteiger partial charge in [-0.15, -0.1) is 0 Å². The quantitative estimate of drug-likeness (QED) is 0.838. The van der Waals surface area contributed by atoms with E-state index in [1.165, 1.54) is 12.3 Å². The lowest BCUT2D eigenvalue weighted by atomic mass is 10.1. The van der Waals surface area contributed by atoms with Gasteiger partial charge in [0.1, 0.15) is 5.82 Å². The average Bonchev–Trinajstić information content (AvgIpc) is 3.02. The van der Waals surface area contributed by atoms with Crippen LogP contribution in [-0.2, 0) is 7.05 Å². The fourth-order valence-electron chi connectivity index (χ4n) is 2.74. The highest BCUT2D eigenvalue weighted by molar-refractivity contribution is 5.95. The van der Waals surface area contributed by atoms with Crippen molar-refractivity contribution in [1.82, 2.24) is 19.6 Å². The third kappa shape index (κ3) is 3.15. The number of amides is 2. The van der Waals surface area contributed by atoms with Crippen molar-refractivity contribution in [3.63, 3.8) is 0 Å². The van der Waals surface area contributed by atoms with Crippen molar-refractivity contribution in [1.29, 1.82) is 0 Å². The molecule has 1 fully saturated rings. The largest absolute Gasteiger partial charge is 0.335 e. The second-order valence-electron chi connectivity index (χ2n) is 5.95. The van der Waals surface area contributed by atoms with E-state index in [0.717, 1.165) is 0 Å². The van der Waals surface area contributed by atoms with Crippen LogP contribution in [0.3, 0.4) is 0 Å². The second kappa shape index (κ2) is 6.43. The standard InChI is InChI=1S/C17H19FN4O2/c1-12-3-4-13(9-15(12)18)16(23)21-5-7-22(8-6-21)17(24)14-10-19-20(2)11-14/h3-4,9-11H,5-8H2,1-2H3. The fourth-order valence-corrected chi connectivity index (χ4v) is 2.74. The summed E-state index contributed by atoms with van der Waals surface area (Å²) in [5.74, 6) is -0.676. The molecular formula is C17H19FN4O2. The highest BCUT2D eigenvalue weighted by Crippen LogP contribution is 2.14. The van der Waals surface area contributed by atoms with Gasteiger partial charge >= 0.3 is 0 Å². The Hall–Kier alpha value is -2.70. The Bertz CT molecular complexity index is 779. The number of aromatic nitrogens is 2. The third-order valence-corrected chi connectivity index (χ3v) is 4.22. The summed E-state index contributed by atoms with van der Waals surface area (Å²) in [6.45, 7) is 3.43. The van der Waals surface area contributed by atoms with Gasteiger partial charge in [0.15, 0.2) is 0 Å². The van der Waals surface area contributed by atoms with Gasteiger partial charge in [-0.3, -0.25) is 14.3 Å². The van der Waals surface area contributed by atoms with Gasteiger partial charge in [0.05, 0.1) is 11.8 Å². The van der Waals surface area contributed by atoms with E-state index in [-0.39, 0.29) is 17.6 Å². The maximum atomic E-state index is 13.6. The number of carbonyl (C=O) groups excluding carboxylic acids is 2. The van der Waals surface area contributed by atoms with Crippen molar-refractivity contribution < 1.29 is 14.0 Å². The Balaban J connectivity index is 1.63. The Morgan fingerprint density at radius 1 is 1.04 bits per heavy atom. The number of rotatable bonds is 2. The molecule has 1 aromatic heterocycles. The molecule has 6 nitrogen and oxygen atoms in total. The van der Waals surface area contributed by atoms with Gasteiger partial charge < -0.3 is 9.80 Å². The maximum absolute atomic E-state index is 13.6. The number of piperazine rings is 1. The predicted octanol–water partition coefficient (Wildman–Crippen LogP) is 1.47. The van der Waals surface area contributed by atoms with Gasteiger partial charge in [-0.1, -0.05) is 6.07 Å². The molecule has 3 rings (SSSR count). The van der Waals surface area contributed by atoms with Crippen molar-refractivity contribution in [2.45, 2.75) is 6.92 Å². The number of carbonyl (C=O) groups is 2. The third-order valence-electron chi connectivity index (χ3n) is 4.22. The SMILES string of the molecule is Cc1ccc(C(=O)N2CCN(C(=O)c3cnn(C)c3)CC2)cc1F. The van der Waals surface area contributed by atoms with Crippen LogP contribution in [0.1, 0.15) is 26.3 Å². The van der Waals surface area contributed by atoms with Crippen LogP contribution in [0, 0.1) is 12.7 Å². The molecule has 1 aromatic carbocycles. The van der Waals surface area contributed by atoms with Gasteiger partial charge in [-0.05, 0) is 24.6 Å². The molecule has 0 aliphatic carbocycles. The molecule has 2 heterocycles. The lowest BCUT2D eigenvalue weighted by Crippen LogP contribution is -2.50. The Labute approximate surface area is 139 Å². The van der Waals surface area contributed by atoms with E-state index in [1.807, 2.05) is 0 Å². The summed E-state index contributed by atoms with van der Waals surface area (Å²) >= 11 is 0. The number of hydrogen-bond donors (Lipinski definition) is 0. The minimum atomic E-state index is -0.383. The zero-order valence-electron chi connectivity index (χ0n) is 13.7. The van der Waals surface area contributed by atoms with Gasteiger partial charge in [-0.2, -0.15) is 5.10 Å². The minimum Gasteiger partial charge on any atom is -0.335 e. The monoisotopic (exact) mass is 330 g/mol. The van der Waals surface area contributed by atoms with E-state index in [0.29, 0.717) is 42.9 Å². The van der Waals surface area contributed by atoms with Crippen LogP contribution in [0.2, 0.25) is 0 Å². The number of aryl methyl sites for hydroxylation is 2. The summed E-state index contributed by atoms with van der Waals surface area (Å²) in [6, 6.07) is 4.50. The highest BCUT2D eigenvalue weighted by atomic mass is 19.1. The molecular weight excluding hydrogens is 311 g/mol. The van der Waals surface area contributed by atoms with Crippen LogP contribution in [0.25, 0.3) is 0 Å². The molecule has 0 bridgehead atoms. The summed E-state index contributed by atoms with van der Waals surface area (Å²) < 4.78 is 15.2. The van der Waals surface area contributed by atoms with E-state index < -0.39 is 0 Å². The first-order chi connectivity index (χ1) is 11.5. The van der Waals surface area contributed by atoms with Crippen LogP contribution in [0.15, 0.2) is 30.6 Å². The summed E-state index contributed by atoms with van der Waals surface area (Å²) in [7, 11) is 1.76. The van der Waals surface area contributed by atoms with Crippen LogP contribution in [-0.4, -0.2) is 57.6 Å². The van der Waals surface area contributed by atoms with Gasteiger partial charge in [0, 0.05) is 45.0 Å². The molecule has 0 N–H and O–H groups in total. The van der Waals surface area contributed by atoms with E-state index in [9.17, 15) is 14.0 Å². The molecule has 126 valence electrons. The van der Waals surface area contributed by atoms with E-state index in [4.69, 9.17) is 0 Å². The lowest BCUT2D eigenvalue weighted by molar-refractivity contribution is 0.0535.